The van der Waals surface area contributed by atoms with Crippen LogP contribution in [0.25, 0.3) is 16.9 Å². The Kier molecular flexibility index (Phi) is 3.98. The number of carboxylic acid groups (broad SMARTS) is 1. The Balaban J connectivity index is 2.29. The molecule has 0 aliphatic heterocycles. The number of carboxylic acids is 1. The van der Waals surface area contributed by atoms with Crippen LogP contribution in [0.1, 0.15) is 10.5 Å². The van der Waals surface area contributed by atoms with Crippen LogP contribution in [0.15, 0.2) is 36.4 Å². The molecule has 0 aliphatic carbocycles. The van der Waals surface area contributed by atoms with E-state index in [1.54, 1.807) is 12.1 Å². The first-order valence-corrected chi connectivity index (χ1v) is 6.86. The molecule has 0 spiro atoms. The number of rotatable bonds is 3. The Morgan fingerprint density at radius 1 is 1.12 bits per heavy atom. The first-order chi connectivity index (χ1) is 11.4. The van der Waals surface area contributed by atoms with E-state index in [0.717, 1.165) is 4.68 Å². The van der Waals surface area contributed by atoms with Crippen molar-refractivity contribution in [2.45, 2.75) is 0 Å². The summed E-state index contributed by atoms with van der Waals surface area (Å²) < 4.78 is 41.0. The maximum absolute atomic E-state index is 13.5. The topological polar surface area (TPSA) is 68.0 Å². The van der Waals surface area contributed by atoms with Crippen LogP contribution in [0.2, 0.25) is 5.02 Å². The number of hydrogen-bond acceptors (Lipinski definition) is 3. The van der Waals surface area contributed by atoms with E-state index in [9.17, 15) is 23.1 Å². The zero-order valence-electron chi connectivity index (χ0n) is 11.7. The smallest absolute Gasteiger partial charge is 0.358 e. The maximum atomic E-state index is 13.5. The molecule has 0 unspecified atom stereocenters. The Hall–Kier alpha value is -2.87. The standard InChI is InChI=1S/C15H7ClF3N3O2/c16-8-3-1-2-7(4-8)14-13(15(23)24)20-21-22(14)9-5-10(17)12(19)11(18)6-9/h1-6H,(H,23,24). The summed E-state index contributed by atoms with van der Waals surface area (Å²) in [7, 11) is 0. The third-order valence-electron chi connectivity index (χ3n) is 3.18. The van der Waals surface area contributed by atoms with Crippen LogP contribution >= 0.6 is 11.6 Å². The van der Waals surface area contributed by atoms with Crippen LogP contribution in [-0.2, 0) is 0 Å². The molecule has 1 heterocycles. The first-order valence-electron chi connectivity index (χ1n) is 6.48. The summed E-state index contributed by atoms with van der Waals surface area (Å²) in [5.41, 5.74) is -0.394. The van der Waals surface area contributed by atoms with E-state index in [1.807, 2.05) is 0 Å². The highest BCUT2D eigenvalue weighted by Gasteiger charge is 2.23. The van der Waals surface area contributed by atoms with E-state index in [2.05, 4.69) is 10.3 Å². The minimum atomic E-state index is -1.64. The number of benzene rings is 2. The molecule has 3 aromatic rings. The predicted molar refractivity (Wildman–Crippen MR) is 78.6 cm³/mol. The van der Waals surface area contributed by atoms with Gasteiger partial charge in [0.05, 0.1) is 5.69 Å². The van der Waals surface area contributed by atoms with Gasteiger partial charge in [0.2, 0.25) is 0 Å². The highest BCUT2D eigenvalue weighted by atomic mass is 35.5. The molecule has 1 aromatic heterocycles. The fraction of sp³-hybridized carbons (Fsp3) is 0. The van der Waals surface area contributed by atoms with Crippen molar-refractivity contribution in [1.82, 2.24) is 15.0 Å². The molecule has 0 saturated heterocycles. The van der Waals surface area contributed by atoms with Gasteiger partial charge in [-0.2, -0.15) is 0 Å². The Bertz CT molecular complexity index is 936. The van der Waals surface area contributed by atoms with Crippen LogP contribution in [0, 0.1) is 17.5 Å². The van der Waals surface area contributed by atoms with Crippen LogP contribution in [0.3, 0.4) is 0 Å². The number of hydrogen-bond donors (Lipinski definition) is 1. The normalized spacial score (nSPS) is 10.8. The van der Waals surface area contributed by atoms with Crippen molar-refractivity contribution in [2.75, 3.05) is 0 Å². The molecule has 9 heteroatoms. The summed E-state index contributed by atoms with van der Waals surface area (Å²) in [5, 5.41) is 16.7. The first kappa shape index (κ1) is 16.0. The molecule has 0 atom stereocenters. The Morgan fingerprint density at radius 2 is 1.79 bits per heavy atom. The second kappa shape index (κ2) is 5.97. The summed E-state index contributed by atoms with van der Waals surface area (Å²) in [5.74, 6) is -5.90. The molecule has 0 saturated carbocycles. The number of aromatic carboxylic acids is 1. The van der Waals surface area contributed by atoms with Crippen LogP contribution in [0.5, 0.6) is 0 Å². The van der Waals surface area contributed by atoms with Gasteiger partial charge in [0.15, 0.2) is 23.1 Å². The lowest BCUT2D eigenvalue weighted by Crippen LogP contribution is -2.05. The lowest BCUT2D eigenvalue weighted by atomic mass is 10.1. The molecule has 0 fully saturated rings. The molecule has 3 rings (SSSR count). The molecule has 0 amide bonds. The number of carbonyl (C=O) groups is 1. The molecule has 2 aromatic carbocycles. The second-order valence-corrected chi connectivity index (χ2v) is 5.17. The molecular weight excluding hydrogens is 347 g/mol. The molecule has 0 bridgehead atoms. The van der Waals surface area contributed by atoms with Crippen molar-refractivity contribution in [3.63, 3.8) is 0 Å². The second-order valence-electron chi connectivity index (χ2n) is 4.74. The third-order valence-corrected chi connectivity index (χ3v) is 3.42. The van der Waals surface area contributed by atoms with Gasteiger partial charge in [-0.05, 0) is 12.1 Å². The largest absolute Gasteiger partial charge is 0.476 e. The fourth-order valence-electron chi connectivity index (χ4n) is 2.17. The molecule has 122 valence electrons. The summed E-state index contributed by atoms with van der Waals surface area (Å²) in [6.45, 7) is 0. The number of halogens is 4. The molecule has 0 radical (unpaired) electrons. The van der Waals surface area contributed by atoms with Crippen LogP contribution < -0.4 is 0 Å². The van der Waals surface area contributed by atoms with Gasteiger partial charge in [-0.1, -0.05) is 28.9 Å². The molecule has 5 nitrogen and oxygen atoms in total. The SMILES string of the molecule is O=C(O)c1nnn(-c2cc(F)c(F)c(F)c2)c1-c1cccc(Cl)c1. The van der Waals surface area contributed by atoms with Gasteiger partial charge in [0.25, 0.3) is 0 Å². The highest BCUT2D eigenvalue weighted by molar-refractivity contribution is 6.30. The Morgan fingerprint density at radius 3 is 2.38 bits per heavy atom. The Labute approximate surface area is 137 Å². The van der Waals surface area contributed by atoms with Crippen molar-refractivity contribution < 1.29 is 23.1 Å². The molecule has 1 N–H and O–H groups in total. The number of nitrogens with zero attached hydrogens (tertiary/aromatic N) is 3. The number of aromatic nitrogens is 3. The minimum absolute atomic E-state index is 0.0459. The average molecular weight is 354 g/mol. The zero-order chi connectivity index (χ0) is 17.4. The van der Waals surface area contributed by atoms with Crippen molar-refractivity contribution in [2.24, 2.45) is 0 Å². The van der Waals surface area contributed by atoms with Gasteiger partial charge < -0.3 is 5.11 Å². The zero-order valence-corrected chi connectivity index (χ0v) is 12.4. The fourth-order valence-corrected chi connectivity index (χ4v) is 2.36. The summed E-state index contributed by atoms with van der Waals surface area (Å²) >= 11 is 5.90. The van der Waals surface area contributed by atoms with E-state index in [4.69, 9.17) is 11.6 Å². The van der Waals surface area contributed by atoms with E-state index < -0.39 is 29.1 Å². The molecular formula is C15H7ClF3N3O2. The minimum Gasteiger partial charge on any atom is -0.476 e. The monoisotopic (exact) mass is 353 g/mol. The van der Waals surface area contributed by atoms with Crippen molar-refractivity contribution in [3.05, 3.63) is 64.6 Å². The molecule has 0 aliphatic rings. The van der Waals surface area contributed by atoms with Gasteiger partial charge in [-0.15, -0.1) is 5.10 Å². The van der Waals surface area contributed by atoms with E-state index >= 15 is 0 Å². The average Bonchev–Trinajstić information content (AvgIpc) is 2.97. The van der Waals surface area contributed by atoms with E-state index in [-0.39, 0.29) is 11.4 Å². The summed E-state index contributed by atoms with van der Waals surface area (Å²) in [4.78, 5) is 11.4. The highest BCUT2D eigenvalue weighted by Crippen LogP contribution is 2.28. The summed E-state index contributed by atoms with van der Waals surface area (Å²) in [6, 6.07) is 7.48. The van der Waals surface area contributed by atoms with Crippen LogP contribution in [-0.4, -0.2) is 26.1 Å². The lowest BCUT2D eigenvalue weighted by Gasteiger charge is -2.08. The van der Waals surface area contributed by atoms with Gasteiger partial charge in [0.1, 0.15) is 5.69 Å². The van der Waals surface area contributed by atoms with Crippen LogP contribution in [0.4, 0.5) is 13.2 Å². The molecule has 24 heavy (non-hydrogen) atoms. The predicted octanol–water partition coefficient (Wildman–Crippen LogP) is 3.70. The van der Waals surface area contributed by atoms with E-state index in [0.29, 0.717) is 22.7 Å². The van der Waals surface area contributed by atoms with Gasteiger partial charge in [-0.3, -0.25) is 0 Å². The van der Waals surface area contributed by atoms with Gasteiger partial charge >= 0.3 is 5.97 Å². The van der Waals surface area contributed by atoms with Gasteiger partial charge in [0, 0.05) is 22.7 Å². The third kappa shape index (κ3) is 2.71. The van der Waals surface area contributed by atoms with Crippen molar-refractivity contribution in [3.8, 4) is 16.9 Å². The quantitative estimate of drug-likeness (QED) is 0.729. The van der Waals surface area contributed by atoms with Crippen molar-refractivity contribution >= 4 is 17.6 Å². The summed E-state index contributed by atoms with van der Waals surface area (Å²) in [6.07, 6.45) is 0. The van der Waals surface area contributed by atoms with Gasteiger partial charge in [-0.25, -0.2) is 22.6 Å². The lowest BCUT2D eigenvalue weighted by molar-refractivity contribution is 0.0691. The maximum Gasteiger partial charge on any atom is 0.358 e. The van der Waals surface area contributed by atoms with Crippen molar-refractivity contribution in [1.29, 1.82) is 0 Å². The van der Waals surface area contributed by atoms with E-state index in [1.165, 1.54) is 12.1 Å².